The van der Waals surface area contributed by atoms with Gasteiger partial charge in [0.05, 0.1) is 0 Å². The standard InChI is InChI=1S/C54H63N3O3/c55-40-4-1-7-43(19-40)58-49-46(52-22-31-10-32(23-52)12-33(11-31)24-52)47(53-25-34-13-35(26-53)15-36(14-34)27-53)50(59-44-8-2-5-41(56)20-44)51(60-45-9-3-6-42(57)21-45)48(49)54-28-37-16-38(29-54)18-39(17-37)30-54/h1-9,19-21,31-39H,10-18,22-30,55-57H2. The molecule has 0 atom stereocenters. The Bertz CT molecular complexity index is 2280. The van der Waals surface area contributed by atoms with Gasteiger partial charge in [-0.25, -0.2) is 0 Å². The van der Waals surface area contributed by atoms with Crippen LogP contribution in [0.15, 0.2) is 72.8 Å². The lowest BCUT2D eigenvalue weighted by Gasteiger charge is -2.62. The van der Waals surface area contributed by atoms with E-state index < -0.39 is 0 Å². The molecule has 12 aliphatic rings. The number of hydrogen-bond donors (Lipinski definition) is 3. The van der Waals surface area contributed by atoms with E-state index >= 15 is 0 Å². The summed E-state index contributed by atoms with van der Waals surface area (Å²) in [6, 6.07) is 24.5. The first kappa shape index (κ1) is 36.3. The van der Waals surface area contributed by atoms with Gasteiger partial charge in [-0.2, -0.15) is 0 Å². The molecule has 6 N–H and O–H groups in total. The first-order valence-electron chi connectivity index (χ1n) is 24.0. The predicted molar refractivity (Wildman–Crippen MR) is 239 cm³/mol. The number of anilines is 3. The van der Waals surface area contributed by atoms with Crippen molar-refractivity contribution in [3.63, 3.8) is 0 Å². The molecule has 12 bridgehead atoms. The fraction of sp³-hybridized carbons (Fsp3) is 0.556. The molecule has 0 unspecified atom stereocenters. The first-order chi connectivity index (χ1) is 29.2. The van der Waals surface area contributed by atoms with Crippen LogP contribution in [0.4, 0.5) is 17.1 Å². The maximum absolute atomic E-state index is 7.87. The number of nitrogens with two attached hydrogens (primary N) is 3. The van der Waals surface area contributed by atoms with Gasteiger partial charge in [-0.3, -0.25) is 0 Å². The van der Waals surface area contributed by atoms with Crippen molar-refractivity contribution < 1.29 is 14.2 Å². The van der Waals surface area contributed by atoms with Crippen molar-refractivity contribution in [3.8, 4) is 34.5 Å². The van der Waals surface area contributed by atoms with Gasteiger partial charge in [0.15, 0.2) is 11.5 Å². The second kappa shape index (κ2) is 13.1. The molecule has 0 amide bonds. The molecule has 6 heteroatoms. The second-order valence-electron chi connectivity index (χ2n) is 22.7. The Hall–Kier alpha value is -4.32. The molecule has 312 valence electrons. The van der Waals surface area contributed by atoms with E-state index in [1.807, 2.05) is 42.5 Å². The van der Waals surface area contributed by atoms with E-state index in [1.165, 1.54) is 132 Å². The summed E-state index contributed by atoms with van der Waals surface area (Å²) in [5.41, 5.74) is 26.1. The summed E-state index contributed by atoms with van der Waals surface area (Å²) in [7, 11) is 0. The van der Waals surface area contributed by atoms with Gasteiger partial charge in [-0.05, 0) is 205 Å². The molecule has 0 heterocycles. The highest BCUT2D eigenvalue weighted by molar-refractivity contribution is 5.73. The van der Waals surface area contributed by atoms with Crippen molar-refractivity contribution in [1.29, 1.82) is 0 Å². The van der Waals surface area contributed by atoms with Crippen molar-refractivity contribution in [3.05, 3.63) is 89.5 Å². The minimum Gasteiger partial charge on any atom is -0.457 e. The number of rotatable bonds is 9. The fourth-order valence-corrected chi connectivity index (χ4v) is 17.8. The third kappa shape index (κ3) is 5.77. The average Bonchev–Trinajstić information content (AvgIpc) is 3.17. The summed E-state index contributed by atoms with van der Waals surface area (Å²) < 4.78 is 23.3. The molecular weight excluding hydrogens is 739 g/mol. The zero-order valence-corrected chi connectivity index (χ0v) is 35.3. The maximum atomic E-state index is 7.87. The second-order valence-corrected chi connectivity index (χ2v) is 22.7. The van der Waals surface area contributed by atoms with Gasteiger partial charge in [0.25, 0.3) is 0 Å². The van der Waals surface area contributed by atoms with E-state index in [-0.39, 0.29) is 16.2 Å². The van der Waals surface area contributed by atoms with Crippen molar-refractivity contribution >= 4 is 17.1 Å². The highest BCUT2D eigenvalue weighted by Gasteiger charge is 2.62. The van der Waals surface area contributed by atoms with Crippen LogP contribution in [-0.2, 0) is 16.2 Å². The van der Waals surface area contributed by atoms with Gasteiger partial charge in [-0.15, -0.1) is 0 Å². The molecule has 12 fully saturated rings. The molecule has 12 saturated carbocycles. The van der Waals surface area contributed by atoms with E-state index in [9.17, 15) is 0 Å². The summed E-state index contributed by atoms with van der Waals surface area (Å²) in [6.07, 6.45) is 23.3. The van der Waals surface area contributed by atoms with Crippen LogP contribution in [0, 0.1) is 53.3 Å². The van der Waals surface area contributed by atoms with Gasteiger partial charge in [0.2, 0.25) is 0 Å². The summed E-state index contributed by atoms with van der Waals surface area (Å²) in [6.45, 7) is 0. The van der Waals surface area contributed by atoms with E-state index in [0.29, 0.717) is 11.4 Å². The Morgan fingerprint density at radius 2 is 0.583 bits per heavy atom. The first-order valence-corrected chi connectivity index (χ1v) is 24.0. The van der Waals surface area contributed by atoms with Gasteiger partial charge in [0, 0.05) is 68.2 Å². The molecule has 16 rings (SSSR count). The largest absolute Gasteiger partial charge is 0.457 e. The molecule has 0 aliphatic heterocycles. The maximum Gasteiger partial charge on any atom is 0.177 e. The minimum absolute atomic E-state index is 0.0175. The molecule has 60 heavy (non-hydrogen) atoms. The lowest BCUT2D eigenvalue weighted by Crippen LogP contribution is -2.53. The summed E-state index contributed by atoms with van der Waals surface area (Å²) in [5.74, 6) is 12.1. The van der Waals surface area contributed by atoms with Crippen LogP contribution < -0.4 is 31.4 Å². The van der Waals surface area contributed by atoms with E-state index in [1.54, 1.807) is 0 Å². The van der Waals surface area contributed by atoms with Crippen LogP contribution in [0.3, 0.4) is 0 Å². The van der Waals surface area contributed by atoms with Crippen LogP contribution in [-0.4, -0.2) is 0 Å². The lowest BCUT2D eigenvalue weighted by molar-refractivity contribution is -0.0205. The third-order valence-electron chi connectivity index (χ3n) is 18.3. The van der Waals surface area contributed by atoms with Crippen LogP contribution in [0.1, 0.15) is 132 Å². The summed E-state index contributed by atoms with van der Waals surface area (Å²) in [4.78, 5) is 0. The summed E-state index contributed by atoms with van der Waals surface area (Å²) >= 11 is 0. The van der Waals surface area contributed by atoms with Crippen LogP contribution in [0.5, 0.6) is 34.5 Å². The van der Waals surface area contributed by atoms with Gasteiger partial charge >= 0.3 is 0 Å². The Morgan fingerprint density at radius 1 is 0.333 bits per heavy atom. The van der Waals surface area contributed by atoms with Gasteiger partial charge in [0.1, 0.15) is 23.0 Å². The Balaban J connectivity index is 1.18. The van der Waals surface area contributed by atoms with Crippen molar-refractivity contribution in [2.45, 2.75) is 132 Å². The number of hydrogen-bond acceptors (Lipinski definition) is 6. The SMILES string of the molecule is Nc1cccc(Oc2c(Oc3cccc(N)c3)c(C34CC5CC(CC(C5)C3)C4)c(C34CC5CC(CC(C5)C3)C4)c(Oc3cccc(N)c3)c2C23CC4CC(CC(C4)C2)C3)c1. The molecular formula is C54H63N3O3. The number of nitrogen functional groups attached to an aromatic ring is 3. The van der Waals surface area contributed by atoms with Crippen LogP contribution >= 0.6 is 0 Å². The fourth-order valence-electron chi connectivity index (χ4n) is 17.8. The number of benzene rings is 4. The quantitative estimate of drug-likeness (QED) is 0.146. The van der Waals surface area contributed by atoms with Crippen LogP contribution in [0.2, 0.25) is 0 Å². The van der Waals surface area contributed by atoms with Crippen molar-refractivity contribution in [1.82, 2.24) is 0 Å². The monoisotopic (exact) mass is 801 g/mol. The van der Waals surface area contributed by atoms with Crippen molar-refractivity contribution in [2.24, 2.45) is 53.3 Å². The normalized spacial score (nSPS) is 38.7. The topological polar surface area (TPSA) is 106 Å². The molecule has 4 aromatic rings. The van der Waals surface area contributed by atoms with Crippen molar-refractivity contribution in [2.75, 3.05) is 17.2 Å². The molecule has 0 radical (unpaired) electrons. The Morgan fingerprint density at radius 3 is 0.883 bits per heavy atom. The highest BCUT2D eigenvalue weighted by Crippen LogP contribution is 2.73. The predicted octanol–water partition coefficient (Wildman–Crippen LogP) is 13.2. The highest BCUT2D eigenvalue weighted by atomic mass is 16.5. The lowest BCUT2D eigenvalue weighted by atomic mass is 9.43. The summed E-state index contributed by atoms with van der Waals surface area (Å²) in [5, 5.41) is 0. The molecule has 0 spiro atoms. The Labute approximate surface area is 356 Å². The Kier molecular flexibility index (Phi) is 7.93. The molecule has 0 aromatic heterocycles. The number of ether oxygens (including phenoxy) is 3. The zero-order valence-electron chi connectivity index (χ0n) is 35.3. The molecule has 12 aliphatic carbocycles. The molecule has 0 saturated heterocycles. The zero-order chi connectivity index (χ0) is 40.0. The van der Waals surface area contributed by atoms with E-state index in [0.717, 1.165) is 93.4 Å². The third-order valence-corrected chi connectivity index (χ3v) is 18.3. The smallest absolute Gasteiger partial charge is 0.177 e. The molecule has 4 aromatic carbocycles. The van der Waals surface area contributed by atoms with Gasteiger partial charge < -0.3 is 31.4 Å². The van der Waals surface area contributed by atoms with E-state index in [2.05, 4.69) is 30.3 Å². The van der Waals surface area contributed by atoms with Crippen LogP contribution in [0.25, 0.3) is 0 Å². The van der Waals surface area contributed by atoms with E-state index in [4.69, 9.17) is 31.4 Å². The molecule has 6 nitrogen and oxygen atoms in total. The van der Waals surface area contributed by atoms with Gasteiger partial charge in [-0.1, -0.05) is 18.2 Å². The average molecular weight is 802 g/mol. The minimum atomic E-state index is -0.0923.